The Balaban J connectivity index is 0.00000432. The predicted octanol–water partition coefficient (Wildman–Crippen LogP) is 1.88. The molecule has 2 aliphatic rings. The number of halogens is 1. The molecule has 1 aromatic carbocycles. The maximum absolute atomic E-state index is 13.0. The van der Waals surface area contributed by atoms with E-state index < -0.39 is 46.0 Å². The molecular formula is C24H34ClN3O6S. The molecule has 194 valence electrons. The third-order valence-electron chi connectivity index (χ3n) is 6.11. The lowest BCUT2D eigenvalue weighted by Gasteiger charge is -2.44. The summed E-state index contributed by atoms with van der Waals surface area (Å²) >= 11 is 1.43. The van der Waals surface area contributed by atoms with Crippen LogP contribution in [0.15, 0.2) is 30.3 Å². The smallest absolute Gasteiger partial charge is 0.330 e. The highest BCUT2D eigenvalue weighted by Gasteiger charge is 2.64. The average Bonchev–Trinajstić information content (AvgIpc) is 3.06. The topological polar surface area (TPSA) is 105 Å². The molecule has 2 amide bonds. The Morgan fingerprint density at radius 1 is 1.17 bits per heavy atom. The van der Waals surface area contributed by atoms with Crippen LogP contribution in [-0.2, 0) is 23.9 Å². The highest BCUT2D eigenvalue weighted by atomic mass is 35.5. The van der Waals surface area contributed by atoms with Crippen molar-refractivity contribution in [3.8, 4) is 5.75 Å². The minimum absolute atomic E-state index is 0. The highest BCUT2D eigenvalue weighted by molar-refractivity contribution is 8.01. The van der Waals surface area contributed by atoms with E-state index in [1.807, 2.05) is 27.7 Å². The number of hydrogen-bond acceptors (Lipinski definition) is 8. The zero-order valence-corrected chi connectivity index (χ0v) is 22.3. The molecule has 2 saturated heterocycles. The fourth-order valence-corrected chi connectivity index (χ4v) is 5.83. The number of β-lactam (4-membered cyclic amide) rings is 1. The number of benzene rings is 1. The van der Waals surface area contributed by atoms with Gasteiger partial charge in [-0.2, -0.15) is 0 Å². The van der Waals surface area contributed by atoms with E-state index in [-0.39, 0.29) is 24.9 Å². The summed E-state index contributed by atoms with van der Waals surface area (Å²) in [5, 5.41) is 2.23. The first-order chi connectivity index (χ1) is 16.1. The number of carbonyl (C=O) groups is 4. The molecule has 11 heteroatoms. The minimum atomic E-state index is -1.37. The molecule has 2 fully saturated rings. The number of nitrogens with one attached hydrogen (secondary N) is 1. The van der Waals surface area contributed by atoms with E-state index in [1.165, 1.54) is 23.6 Å². The molecule has 0 aliphatic carbocycles. The molecule has 2 aliphatic heterocycles. The number of amides is 2. The fourth-order valence-electron chi connectivity index (χ4n) is 4.21. The number of carbonyl (C=O) groups excluding carboxylic acids is 4. The van der Waals surface area contributed by atoms with Crippen molar-refractivity contribution < 1.29 is 28.7 Å². The van der Waals surface area contributed by atoms with E-state index in [2.05, 4.69) is 10.2 Å². The van der Waals surface area contributed by atoms with Crippen LogP contribution >= 0.6 is 24.2 Å². The molecule has 0 saturated carbocycles. The van der Waals surface area contributed by atoms with Crippen molar-refractivity contribution >= 4 is 47.7 Å². The van der Waals surface area contributed by atoms with Crippen LogP contribution in [0.3, 0.4) is 0 Å². The van der Waals surface area contributed by atoms with E-state index in [0.717, 1.165) is 13.1 Å². The Morgan fingerprint density at radius 2 is 1.80 bits per heavy atom. The quantitative estimate of drug-likeness (QED) is 0.264. The summed E-state index contributed by atoms with van der Waals surface area (Å²) in [6.45, 7) is 11.7. The van der Waals surface area contributed by atoms with Gasteiger partial charge in [-0.05, 0) is 46.0 Å². The average molecular weight is 528 g/mol. The zero-order valence-electron chi connectivity index (χ0n) is 20.7. The van der Waals surface area contributed by atoms with Crippen molar-refractivity contribution in [2.24, 2.45) is 0 Å². The molecule has 2 heterocycles. The molecule has 0 aromatic heterocycles. The standard InChI is InChI=1S/C24H33N3O6S.ClH/c1-6-26(7-2)13-14-32-23(31)19-24(4,5)34-22-17(21(30)27(19)22)25-20(29)18(15(3)28)33-16-11-9-8-10-12-16;/h8-12,17-19,22H,6-7,13-14H2,1-5H3,(H,25,29);1H/t17-,18?,19+,22-;/m1./s1. The van der Waals surface area contributed by atoms with Gasteiger partial charge in [0, 0.05) is 11.3 Å². The van der Waals surface area contributed by atoms with Gasteiger partial charge in [0.05, 0.1) is 0 Å². The molecule has 0 spiro atoms. The molecule has 1 unspecified atom stereocenters. The second-order valence-electron chi connectivity index (χ2n) is 8.86. The van der Waals surface area contributed by atoms with Crippen molar-refractivity contribution in [2.45, 2.75) is 62.9 Å². The van der Waals surface area contributed by atoms with Crippen molar-refractivity contribution in [1.82, 2.24) is 15.1 Å². The molecule has 4 atom stereocenters. The number of thioether (sulfide) groups is 1. The second-order valence-corrected chi connectivity index (χ2v) is 10.6. The van der Waals surface area contributed by atoms with E-state index in [4.69, 9.17) is 9.47 Å². The van der Waals surface area contributed by atoms with Crippen molar-refractivity contribution in [3.63, 3.8) is 0 Å². The van der Waals surface area contributed by atoms with Gasteiger partial charge >= 0.3 is 5.97 Å². The van der Waals surface area contributed by atoms with E-state index in [0.29, 0.717) is 12.3 Å². The number of fused-ring (bicyclic) bond motifs is 1. The molecule has 0 bridgehead atoms. The maximum atomic E-state index is 13.0. The number of rotatable bonds is 11. The third-order valence-corrected chi connectivity index (χ3v) is 7.68. The summed E-state index contributed by atoms with van der Waals surface area (Å²) in [6.07, 6.45) is -1.37. The highest BCUT2D eigenvalue weighted by Crippen LogP contribution is 2.51. The van der Waals surface area contributed by atoms with Crippen molar-refractivity contribution in [2.75, 3.05) is 26.2 Å². The third kappa shape index (κ3) is 6.29. The number of hydrogen-bond donors (Lipinski definition) is 1. The Morgan fingerprint density at radius 3 is 2.37 bits per heavy atom. The lowest BCUT2D eigenvalue weighted by Crippen LogP contribution is -2.71. The number of likely N-dealkylation sites (N-methyl/N-ethyl adjacent to an activating group) is 1. The van der Waals surface area contributed by atoms with Gasteiger partial charge in [-0.25, -0.2) is 4.79 Å². The molecular weight excluding hydrogens is 494 g/mol. The molecule has 1 N–H and O–H groups in total. The monoisotopic (exact) mass is 527 g/mol. The number of ether oxygens (including phenoxy) is 2. The van der Waals surface area contributed by atoms with Gasteiger partial charge in [-0.1, -0.05) is 32.0 Å². The van der Waals surface area contributed by atoms with Gasteiger partial charge in [0.2, 0.25) is 12.0 Å². The molecule has 0 radical (unpaired) electrons. The SMILES string of the molecule is CCN(CC)CCOC(=O)[C@@H]1N2C(=O)[C@@H](NC(=O)C(Oc3ccccc3)C(C)=O)[C@H]2SC1(C)C.Cl. The number of esters is 1. The molecule has 1 aromatic rings. The van der Waals surface area contributed by atoms with Gasteiger partial charge < -0.3 is 24.6 Å². The molecule has 35 heavy (non-hydrogen) atoms. The summed E-state index contributed by atoms with van der Waals surface area (Å²) < 4.78 is 10.5. The van der Waals surface area contributed by atoms with Crippen LogP contribution in [0.2, 0.25) is 0 Å². The Labute approximate surface area is 216 Å². The van der Waals surface area contributed by atoms with Crippen LogP contribution in [0.25, 0.3) is 0 Å². The van der Waals surface area contributed by atoms with E-state index >= 15 is 0 Å². The lowest BCUT2D eigenvalue weighted by atomic mass is 9.96. The van der Waals surface area contributed by atoms with Crippen LogP contribution in [-0.4, -0.2) is 87.9 Å². The lowest BCUT2D eigenvalue weighted by molar-refractivity contribution is -0.165. The van der Waals surface area contributed by atoms with E-state index in [1.54, 1.807) is 30.3 Å². The van der Waals surface area contributed by atoms with Gasteiger partial charge in [-0.3, -0.25) is 14.4 Å². The zero-order chi connectivity index (χ0) is 25.0. The van der Waals surface area contributed by atoms with Gasteiger partial charge in [0.25, 0.3) is 5.91 Å². The number of Topliss-reactive ketones (excluding diaryl/α,β-unsaturated/α-hetero) is 1. The predicted molar refractivity (Wildman–Crippen MR) is 136 cm³/mol. The number of para-hydroxylation sites is 1. The van der Waals surface area contributed by atoms with Crippen LogP contribution < -0.4 is 10.1 Å². The van der Waals surface area contributed by atoms with Crippen LogP contribution in [0, 0.1) is 0 Å². The van der Waals surface area contributed by atoms with Gasteiger partial charge in [0.1, 0.15) is 29.8 Å². The molecule has 3 rings (SSSR count). The van der Waals surface area contributed by atoms with Gasteiger partial charge in [-0.15, -0.1) is 24.2 Å². The first kappa shape index (κ1) is 28.9. The fraction of sp³-hybridized carbons (Fsp3) is 0.583. The summed E-state index contributed by atoms with van der Waals surface area (Å²) in [6, 6.07) is 6.96. The van der Waals surface area contributed by atoms with Crippen molar-refractivity contribution in [3.05, 3.63) is 30.3 Å². The normalized spacial score (nSPS) is 23.0. The summed E-state index contributed by atoms with van der Waals surface area (Å²) in [5.74, 6) is -1.59. The van der Waals surface area contributed by atoms with Crippen molar-refractivity contribution in [1.29, 1.82) is 0 Å². The van der Waals surface area contributed by atoms with Crippen LogP contribution in [0.1, 0.15) is 34.6 Å². The van der Waals surface area contributed by atoms with Crippen LogP contribution in [0.5, 0.6) is 5.75 Å². The minimum Gasteiger partial charge on any atom is -0.473 e. The second kappa shape index (κ2) is 12.1. The number of nitrogens with zero attached hydrogens (tertiary/aromatic N) is 2. The summed E-state index contributed by atoms with van der Waals surface area (Å²) in [7, 11) is 0. The Bertz CT molecular complexity index is 927. The summed E-state index contributed by atoms with van der Waals surface area (Å²) in [4.78, 5) is 54.4. The first-order valence-electron chi connectivity index (χ1n) is 11.5. The maximum Gasteiger partial charge on any atom is 0.330 e. The first-order valence-corrected chi connectivity index (χ1v) is 12.4. The van der Waals surface area contributed by atoms with Gasteiger partial charge in [0.15, 0.2) is 5.78 Å². The largest absolute Gasteiger partial charge is 0.473 e. The Kier molecular flexibility index (Phi) is 10.00. The molecule has 9 nitrogen and oxygen atoms in total. The Hall–Kier alpha value is -2.30. The number of ketones is 1. The van der Waals surface area contributed by atoms with Crippen LogP contribution in [0.4, 0.5) is 0 Å². The summed E-state index contributed by atoms with van der Waals surface area (Å²) in [5.41, 5.74) is 0. The van der Waals surface area contributed by atoms with E-state index in [9.17, 15) is 19.2 Å².